The molecule has 1 aromatic heterocycles. The molecule has 0 spiro atoms. The van der Waals surface area contributed by atoms with Gasteiger partial charge < -0.3 is 9.88 Å². The number of non-ortho nitro benzene ring substituents is 1. The van der Waals surface area contributed by atoms with E-state index in [1.54, 1.807) is 13.0 Å². The molecule has 0 unspecified atom stereocenters. The minimum absolute atomic E-state index is 0.00128. The maximum absolute atomic E-state index is 13.0. The lowest BCUT2D eigenvalue weighted by Crippen LogP contribution is -2.14. The van der Waals surface area contributed by atoms with Crippen molar-refractivity contribution in [3.8, 4) is 11.4 Å². The number of hydrogen-bond acceptors (Lipinski definition) is 4. The van der Waals surface area contributed by atoms with E-state index in [0.717, 1.165) is 35.3 Å². The van der Waals surface area contributed by atoms with Crippen LogP contribution in [0.2, 0.25) is 0 Å². The first-order valence-electron chi connectivity index (χ1n) is 11.6. The third kappa shape index (κ3) is 4.17. The fourth-order valence-electron chi connectivity index (χ4n) is 4.84. The third-order valence-corrected chi connectivity index (χ3v) is 6.59. The number of rotatable bonds is 5. The second-order valence-corrected chi connectivity index (χ2v) is 8.88. The van der Waals surface area contributed by atoms with Gasteiger partial charge in [0.15, 0.2) is 0 Å². The molecular weight excluding hydrogens is 428 g/mol. The molecule has 0 atom stereocenters. The first-order chi connectivity index (χ1) is 16.5. The molecule has 1 amide bonds. The van der Waals surface area contributed by atoms with Gasteiger partial charge in [0.05, 0.1) is 16.0 Å². The van der Waals surface area contributed by atoms with Crippen LogP contribution in [-0.4, -0.2) is 20.4 Å². The summed E-state index contributed by atoms with van der Waals surface area (Å²) in [6.45, 7) is 1.74. The number of amides is 1. The SMILES string of the molecule is Cc1cc([N+](=O)[O-])ccc1NC(=O)c1ccc2c(c1)nc(-c1ccccc1)n2C1CCCCC1. The Morgan fingerprint density at radius 3 is 2.50 bits per heavy atom. The van der Waals surface area contributed by atoms with Gasteiger partial charge in [0.2, 0.25) is 0 Å². The van der Waals surface area contributed by atoms with Crippen molar-refractivity contribution < 1.29 is 9.72 Å². The maximum atomic E-state index is 13.0. The molecule has 7 heteroatoms. The van der Waals surface area contributed by atoms with Gasteiger partial charge in [0.1, 0.15) is 5.82 Å². The number of nitro benzene ring substituents is 1. The van der Waals surface area contributed by atoms with Gasteiger partial charge >= 0.3 is 0 Å². The molecule has 0 saturated heterocycles. The topological polar surface area (TPSA) is 90.1 Å². The fourth-order valence-corrected chi connectivity index (χ4v) is 4.84. The summed E-state index contributed by atoms with van der Waals surface area (Å²) in [5.41, 5.74) is 4.57. The molecule has 1 fully saturated rings. The first-order valence-corrected chi connectivity index (χ1v) is 11.6. The number of nitrogens with one attached hydrogen (secondary N) is 1. The molecule has 34 heavy (non-hydrogen) atoms. The van der Waals surface area contributed by atoms with Crippen molar-refractivity contribution in [1.82, 2.24) is 9.55 Å². The van der Waals surface area contributed by atoms with E-state index in [1.165, 1.54) is 31.4 Å². The summed E-state index contributed by atoms with van der Waals surface area (Å²) in [5.74, 6) is 0.665. The third-order valence-electron chi connectivity index (χ3n) is 6.59. The van der Waals surface area contributed by atoms with Gasteiger partial charge in [-0.3, -0.25) is 14.9 Å². The highest BCUT2D eigenvalue weighted by Crippen LogP contribution is 2.36. The Balaban J connectivity index is 1.51. The molecule has 1 N–H and O–H groups in total. The predicted molar refractivity (Wildman–Crippen MR) is 133 cm³/mol. The van der Waals surface area contributed by atoms with Gasteiger partial charge in [-0.05, 0) is 49.6 Å². The molecule has 1 saturated carbocycles. The van der Waals surface area contributed by atoms with Gasteiger partial charge in [-0.25, -0.2) is 4.98 Å². The van der Waals surface area contributed by atoms with Crippen LogP contribution in [0.25, 0.3) is 22.4 Å². The van der Waals surface area contributed by atoms with E-state index in [4.69, 9.17) is 4.98 Å². The van der Waals surface area contributed by atoms with Crippen LogP contribution in [-0.2, 0) is 0 Å². The minimum Gasteiger partial charge on any atom is -0.322 e. The van der Waals surface area contributed by atoms with Crippen molar-refractivity contribution in [3.05, 3.63) is 88.0 Å². The summed E-state index contributed by atoms with van der Waals surface area (Å²) in [7, 11) is 0. The first kappa shape index (κ1) is 21.8. The molecule has 0 aliphatic heterocycles. The Hall–Kier alpha value is -4.00. The number of nitro groups is 1. The van der Waals surface area contributed by atoms with Crippen molar-refractivity contribution in [1.29, 1.82) is 0 Å². The highest BCUT2D eigenvalue weighted by atomic mass is 16.6. The Morgan fingerprint density at radius 2 is 1.79 bits per heavy atom. The Morgan fingerprint density at radius 1 is 1.03 bits per heavy atom. The zero-order valence-electron chi connectivity index (χ0n) is 19.0. The lowest BCUT2D eigenvalue weighted by molar-refractivity contribution is -0.384. The highest BCUT2D eigenvalue weighted by Gasteiger charge is 2.23. The molecule has 1 heterocycles. The number of imidazole rings is 1. The van der Waals surface area contributed by atoms with Crippen molar-refractivity contribution in [2.45, 2.75) is 45.1 Å². The number of fused-ring (bicyclic) bond motifs is 1. The van der Waals surface area contributed by atoms with Gasteiger partial charge in [0, 0.05) is 35.0 Å². The van der Waals surface area contributed by atoms with Crippen LogP contribution in [0.3, 0.4) is 0 Å². The average Bonchev–Trinajstić information content (AvgIpc) is 3.25. The van der Waals surface area contributed by atoms with Crippen molar-refractivity contribution in [2.24, 2.45) is 0 Å². The molecule has 1 aliphatic rings. The van der Waals surface area contributed by atoms with Gasteiger partial charge in [-0.15, -0.1) is 0 Å². The molecule has 1 aliphatic carbocycles. The van der Waals surface area contributed by atoms with E-state index >= 15 is 0 Å². The fraction of sp³-hybridized carbons (Fsp3) is 0.259. The van der Waals surface area contributed by atoms with Crippen molar-refractivity contribution in [3.63, 3.8) is 0 Å². The number of aryl methyl sites for hydroxylation is 1. The molecular formula is C27H26N4O3. The number of hydrogen-bond donors (Lipinski definition) is 1. The zero-order chi connectivity index (χ0) is 23.7. The monoisotopic (exact) mass is 454 g/mol. The standard InChI is InChI=1S/C27H26N4O3/c1-18-16-22(31(33)34)13-14-23(18)29-27(32)20-12-15-25-24(17-20)28-26(19-8-4-2-5-9-19)30(25)21-10-6-3-7-11-21/h2,4-5,8-9,12-17,21H,3,6-7,10-11H2,1H3,(H,29,32). The van der Waals surface area contributed by atoms with Crippen molar-refractivity contribution >= 4 is 28.3 Å². The number of nitrogens with zero attached hydrogens (tertiary/aromatic N) is 3. The van der Waals surface area contributed by atoms with Crippen LogP contribution in [0, 0.1) is 17.0 Å². The summed E-state index contributed by atoms with van der Waals surface area (Å²) >= 11 is 0. The molecule has 7 nitrogen and oxygen atoms in total. The number of carbonyl (C=O) groups is 1. The van der Waals surface area contributed by atoms with E-state index in [-0.39, 0.29) is 11.6 Å². The Bertz CT molecular complexity index is 1370. The van der Waals surface area contributed by atoms with E-state index in [2.05, 4.69) is 22.0 Å². The van der Waals surface area contributed by atoms with Crippen molar-refractivity contribution in [2.75, 3.05) is 5.32 Å². The van der Waals surface area contributed by atoms with E-state index in [0.29, 0.717) is 22.9 Å². The molecule has 0 bridgehead atoms. The van der Waals surface area contributed by atoms with E-state index in [1.807, 2.05) is 36.4 Å². The lowest BCUT2D eigenvalue weighted by atomic mass is 9.95. The molecule has 3 aromatic carbocycles. The van der Waals surface area contributed by atoms with E-state index < -0.39 is 4.92 Å². The van der Waals surface area contributed by atoms with Crippen LogP contribution in [0.4, 0.5) is 11.4 Å². The average molecular weight is 455 g/mol. The normalized spacial score (nSPS) is 14.3. The Labute approximate surface area is 197 Å². The number of carbonyl (C=O) groups excluding carboxylic acids is 1. The molecule has 4 aromatic rings. The summed E-state index contributed by atoms with van der Waals surface area (Å²) in [6.07, 6.45) is 5.97. The smallest absolute Gasteiger partial charge is 0.269 e. The molecule has 172 valence electrons. The maximum Gasteiger partial charge on any atom is 0.269 e. The number of aromatic nitrogens is 2. The van der Waals surface area contributed by atoms with Crippen LogP contribution in [0.5, 0.6) is 0 Å². The molecule has 5 rings (SSSR count). The van der Waals surface area contributed by atoms with Crippen LogP contribution >= 0.6 is 0 Å². The number of anilines is 1. The summed E-state index contributed by atoms with van der Waals surface area (Å²) in [6, 6.07) is 20.6. The second kappa shape index (κ2) is 9.09. The van der Waals surface area contributed by atoms with Gasteiger partial charge in [0.25, 0.3) is 11.6 Å². The second-order valence-electron chi connectivity index (χ2n) is 8.88. The largest absolute Gasteiger partial charge is 0.322 e. The van der Waals surface area contributed by atoms with Crippen LogP contribution < -0.4 is 5.32 Å². The predicted octanol–water partition coefficient (Wildman–Crippen LogP) is 6.68. The summed E-state index contributed by atoms with van der Waals surface area (Å²) < 4.78 is 2.35. The number of benzene rings is 3. The van der Waals surface area contributed by atoms with Crippen LogP contribution in [0.15, 0.2) is 66.7 Å². The minimum atomic E-state index is -0.445. The summed E-state index contributed by atoms with van der Waals surface area (Å²) in [4.78, 5) is 28.5. The lowest BCUT2D eigenvalue weighted by Gasteiger charge is -2.25. The van der Waals surface area contributed by atoms with Gasteiger partial charge in [-0.2, -0.15) is 0 Å². The highest BCUT2D eigenvalue weighted by molar-refractivity contribution is 6.06. The van der Waals surface area contributed by atoms with E-state index in [9.17, 15) is 14.9 Å². The Kier molecular flexibility index (Phi) is 5.84. The van der Waals surface area contributed by atoms with Crippen LogP contribution in [0.1, 0.15) is 54.1 Å². The quantitative estimate of drug-likeness (QED) is 0.269. The summed E-state index contributed by atoms with van der Waals surface area (Å²) in [5, 5.41) is 13.9. The molecule has 0 radical (unpaired) electrons. The zero-order valence-corrected chi connectivity index (χ0v) is 19.0. The van der Waals surface area contributed by atoms with Gasteiger partial charge in [-0.1, -0.05) is 49.6 Å².